The fourth-order valence-electron chi connectivity index (χ4n) is 5.46. The molecule has 8 nitrogen and oxygen atoms in total. The third-order valence-electron chi connectivity index (χ3n) is 7.55. The Labute approximate surface area is 224 Å². The predicted molar refractivity (Wildman–Crippen MR) is 142 cm³/mol. The number of fused-ring (bicyclic) bond motifs is 2. The molecular formula is C28H31F3N6O2. The van der Waals surface area contributed by atoms with E-state index in [1.165, 1.54) is 23.4 Å². The molecule has 0 bridgehead atoms. The first kappa shape index (κ1) is 26.9. The molecule has 0 unspecified atom stereocenters. The number of nitrogens with two attached hydrogens (primary N) is 1. The van der Waals surface area contributed by atoms with Gasteiger partial charge in [-0.05, 0) is 63.7 Å². The zero-order chi connectivity index (χ0) is 28.3. The molecule has 3 aromatic rings. The van der Waals surface area contributed by atoms with E-state index in [-0.39, 0.29) is 23.8 Å². The number of carbonyl (C=O) groups excluding carboxylic acids is 1. The maximum Gasteiger partial charge on any atom is 0.300 e. The van der Waals surface area contributed by atoms with Crippen molar-refractivity contribution in [2.45, 2.75) is 50.3 Å². The number of amides is 1. The number of nitrogens with one attached hydrogen (secondary N) is 1. The van der Waals surface area contributed by atoms with Crippen molar-refractivity contribution in [3.8, 4) is 0 Å². The van der Waals surface area contributed by atoms with Gasteiger partial charge in [-0.2, -0.15) is 8.78 Å². The van der Waals surface area contributed by atoms with Gasteiger partial charge >= 0.3 is 5.92 Å². The highest BCUT2D eigenvalue weighted by molar-refractivity contribution is 6.04. The van der Waals surface area contributed by atoms with Gasteiger partial charge in [-0.1, -0.05) is 12.1 Å². The molecule has 1 spiro atoms. The van der Waals surface area contributed by atoms with Crippen molar-refractivity contribution in [2.75, 3.05) is 36.1 Å². The lowest BCUT2D eigenvalue weighted by Crippen LogP contribution is -2.68. The van der Waals surface area contributed by atoms with Crippen LogP contribution in [0.5, 0.6) is 0 Å². The SMILES string of the molecule is C[C@@H](Nc1ncnc2c1CN(c1ccccc1F)C(=O)C21CN(C)C1)c1cc(N)cc(C(F)(F)C(C)(C)O)c1. The first-order chi connectivity index (χ1) is 18.2. The zero-order valence-corrected chi connectivity index (χ0v) is 22.2. The average Bonchev–Trinajstić information content (AvgIpc) is 2.84. The van der Waals surface area contributed by atoms with Crippen LogP contribution in [0.25, 0.3) is 0 Å². The monoisotopic (exact) mass is 540 g/mol. The molecule has 0 aliphatic carbocycles. The van der Waals surface area contributed by atoms with Gasteiger partial charge in [-0.25, -0.2) is 14.4 Å². The number of nitrogens with zero attached hydrogens (tertiary/aromatic N) is 4. The lowest BCUT2D eigenvalue weighted by molar-refractivity contribution is -0.168. The number of carbonyl (C=O) groups is 1. The molecule has 0 radical (unpaired) electrons. The fourth-order valence-corrected chi connectivity index (χ4v) is 5.46. The van der Waals surface area contributed by atoms with Crippen LogP contribution in [0.1, 0.15) is 49.2 Å². The minimum atomic E-state index is -3.55. The number of hydrogen-bond donors (Lipinski definition) is 3. The summed E-state index contributed by atoms with van der Waals surface area (Å²) < 4.78 is 44.7. The van der Waals surface area contributed by atoms with Gasteiger partial charge in [-0.15, -0.1) is 0 Å². The Morgan fingerprint density at radius 2 is 1.85 bits per heavy atom. The summed E-state index contributed by atoms with van der Waals surface area (Å²) in [6, 6.07) is 9.59. The van der Waals surface area contributed by atoms with Crippen LogP contribution in [-0.2, 0) is 22.7 Å². The number of aliphatic hydroxyl groups is 1. The molecule has 11 heteroatoms. The Kier molecular flexibility index (Phi) is 6.34. The van der Waals surface area contributed by atoms with E-state index in [9.17, 15) is 23.1 Å². The Bertz CT molecular complexity index is 1440. The number of anilines is 3. The second-order valence-corrected chi connectivity index (χ2v) is 11.0. The van der Waals surface area contributed by atoms with Crippen LogP contribution in [0, 0.1) is 5.82 Å². The average molecular weight is 541 g/mol. The van der Waals surface area contributed by atoms with E-state index in [0.29, 0.717) is 35.7 Å². The van der Waals surface area contributed by atoms with E-state index >= 15 is 0 Å². The molecular weight excluding hydrogens is 509 g/mol. The number of alkyl halides is 2. The Balaban J connectivity index is 1.54. The number of likely N-dealkylation sites (tertiary alicyclic amines) is 1. The summed E-state index contributed by atoms with van der Waals surface area (Å²) in [6.45, 7) is 4.73. The molecule has 39 heavy (non-hydrogen) atoms. The molecule has 1 atom stereocenters. The van der Waals surface area contributed by atoms with Crippen LogP contribution < -0.4 is 16.0 Å². The van der Waals surface area contributed by atoms with E-state index in [4.69, 9.17) is 5.73 Å². The summed E-state index contributed by atoms with van der Waals surface area (Å²) >= 11 is 0. The second kappa shape index (κ2) is 9.20. The number of aromatic nitrogens is 2. The van der Waals surface area contributed by atoms with E-state index in [1.54, 1.807) is 31.2 Å². The first-order valence-corrected chi connectivity index (χ1v) is 12.6. The summed E-state index contributed by atoms with van der Waals surface area (Å²) in [6.07, 6.45) is 1.37. The van der Waals surface area contributed by atoms with Gasteiger partial charge in [0.1, 0.15) is 29.0 Å². The van der Waals surface area contributed by atoms with Crippen LogP contribution in [0.15, 0.2) is 48.8 Å². The molecule has 1 amide bonds. The molecule has 4 N–H and O–H groups in total. The molecule has 2 aliphatic heterocycles. The number of nitrogen functional groups attached to an aromatic ring is 1. The molecule has 1 aromatic heterocycles. The molecule has 2 aromatic carbocycles. The molecule has 5 rings (SSSR count). The zero-order valence-electron chi connectivity index (χ0n) is 22.2. The van der Waals surface area contributed by atoms with Crippen LogP contribution >= 0.6 is 0 Å². The summed E-state index contributed by atoms with van der Waals surface area (Å²) in [5.41, 5.74) is 4.27. The van der Waals surface area contributed by atoms with Gasteiger partial charge in [0.25, 0.3) is 0 Å². The van der Waals surface area contributed by atoms with E-state index < -0.39 is 34.4 Å². The predicted octanol–water partition coefficient (Wildman–Crippen LogP) is 3.96. The maximum atomic E-state index is 15.0. The van der Waals surface area contributed by atoms with Crippen LogP contribution in [0.4, 0.5) is 30.4 Å². The molecule has 2 aliphatic rings. The Morgan fingerprint density at radius 3 is 2.49 bits per heavy atom. The lowest BCUT2D eigenvalue weighted by atomic mass is 9.71. The van der Waals surface area contributed by atoms with Crippen molar-refractivity contribution in [2.24, 2.45) is 0 Å². The van der Waals surface area contributed by atoms with E-state index in [1.807, 2.05) is 11.9 Å². The largest absolute Gasteiger partial charge is 0.399 e. The summed E-state index contributed by atoms with van der Waals surface area (Å²) in [7, 11) is 1.89. The number of likely N-dealkylation sites (N-methyl/N-ethyl adjacent to an activating group) is 1. The topological polar surface area (TPSA) is 108 Å². The number of rotatable bonds is 6. The third-order valence-corrected chi connectivity index (χ3v) is 7.55. The summed E-state index contributed by atoms with van der Waals surface area (Å²) in [4.78, 5) is 26.1. The second-order valence-electron chi connectivity index (χ2n) is 11.0. The van der Waals surface area contributed by atoms with Gasteiger partial charge < -0.3 is 26.0 Å². The number of hydrogen-bond acceptors (Lipinski definition) is 7. The summed E-state index contributed by atoms with van der Waals surface area (Å²) in [5, 5.41) is 13.3. The Hall–Kier alpha value is -3.70. The first-order valence-electron chi connectivity index (χ1n) is 12.6. The van der Waals surface area contributed by atoms with Crippen LogP contribution in [0.2, 0.25) is 0 Å². The van der Waals surface area contributed by atoms with Gasteiger partial charge in [0.05, 0.1) is 24.0 Å². The van der Waals surface area contributed by atoms with Gasteiger partial charge in [0.2, 0.25) is 5.91 Å². The highest BCUT2D eigenvalue weighted by Gasteiger charge is 2.56. The molecule has 1 fully saturated rings. The minimum Gasteiger partial charge on any atom is -0.399 e. The molecule has 0 saturated carbocycles. The van der Waals surface area contributed by atoms with Crippen molar-refractivity contribution >= 4 is 23.1 Å². The van der Waals surface area contributed by atoms with Gasteiger partial charge in [-0.3, -0.25) is 4.79 Å². The third kappa shape index (κ3) is 4.39. The minimum absolute atomic E-state index is 0.0371. The van der Waals surface area contributed by atoms with Crippen LogP contribution in [0.3, 0.4) is 0 Å². The van der Waals surface area contributed by atoms with Gasteiger partial charge in [0, 0.05) is 29.9 Å². The lowest BCUT2D eigenvalue weighted by Gasteiger charge is -2.51. The van der Waals surface area contributed by atoms with E-state index in [0.717, 1.165) is 19.9 Å². The van der Waals surface area contributed by atoms with Crippen molar-refractivity contribution in [1.29, 1.82) is 0 Å². The molecule has 1 saturated heterocycles. The highest BCUT2D eigenvalue weighted by atomic mass is 19.3. The van der Waals surface area contributed by atoms with Gasteiger partial charge in [0.15, 0.2) is 0 Å². The van der Waals surface area contributed by atoms with Crippen LogP contribution in [-0.4, -0.2) is 51.6 Å². The number of para-hydroxylation sites is 1. The molecule has 3 heterocycles. The quantitative estimate of drug-likeness (QED) is 0.406. The highest BCUT2D eigenvalue weighted by Crippen LogP contribution is 2.44. The fraction of sp³-hybridized carbons (Fsp3) is 0.393. The number of halogens is 3. The van der Waals surface area contributed by atoms with E-state index in [2.05, 4.69) is 15.3 Å². The smallest absolute Gasteiger partial charge is 0.300 e. The summed E-state index contributed by atoms with van der Waals surface area (Å²) in [5.74, 6) is -3.88. The van der Waals surface area contributed by atoms with Crippen molar-refractivity contribution in [3.05, 3.63) is 77.0 Å². The number of benzene rings is 2. The molecule has 206 valence electrons. The maximum absolute atomic E-state index is 15.0. The van der Waals surface area contributed by atoms with Crippen molar-refractivity contribution in [1.82, 2.24) is 14.9 Å². The van der Waals surface area contributed by atoms with Crippen molar-refractivity contribution < 1.29 is 23.1 Å². The van der Waals surface area contributed by atoms with Crippen molar-refractivity contribution in [3.63, 3.8) is 0 Å². The normalized spacial score (nSPS) is 18.1. The Morgan fingerprint density at radius 1 is 1.15 bits per heavy atom. The standard InChI is InChI=1S/C28H31F3N6O2/c1-16(17-9-18(11-19(32)10-17)28(30,31)26(2,3)39)35-24-20-12-37(22-8-6-5-7-21(22)29)25(38)27(13-36(4)14-27)23(20)33-15-34-24/h5-11,15-16,39H,12-14,32H2,1-4H3,(H,33,34,35)/t16-/m1/s1.